The van der Waals surface area contributed by atoms with E-state index in [1.807, 2.05) is 18.5 Å². The molecule has 2 heterocycles. The van der Waals surface area contributed by atoms with Crippen molar-refractivity contribution in [2.24, 2.45) is 0 Å². The summed E-state index contributed by atoms with van der Waals surface area (Å²) < 4.78 is 20.4. The van der Waals surface area contributed by atoms with Crippen molar-refractivity contribution in [3.8, 4) is 5.75 Å². The Morgan fingerprint density at radius 3 is 2.70 bits per heavy atom. The second-order valence-corrected chi connectivity index (χ2v) is 6.54. The van der Waals surface area contributed by atoms with Crippen molar-refractivity contribution in [2.45, 2.75) is 38.8 Å². The Hall–Kier alpha value is -2.19. The molecule has 0 bridgehead atoms. The summed E-state index contributed by atoms with van der Waals surface area (Å²) in [5.74, 6) is -0.0240. The summed E-state index contributed by atoms with van der Waals surface area (Å²) in [5.41, 5.74) is 1.12. The quantitative estimate of drug-likeness (QED) is 0.781. The molecule has 7 nitrogen and oxygen atoms in total. The lowest BCUT2D eigenvalue weighted by molar-refractivity contribution is 0.0926. The number of nitrogens with one attached hydrogen (secondary N) is 2. The van der Waals surface area contributed by atoms with Gasteiger partial charge < -0.3 is 15.4 Å². The normalized spacial score (nSPS) is 15.7. The van der Waals surface area contributed by atoms with Gasteiger partial charge in [0.25, 0.3) is 5.91 Å². The minimum absolute atomic E-state index is 0. The largest absolute Gasteiger partial charge is 0.489 e. The standard InChI is InChI=1S/C18H24FN5O2.ClH/c1-12(26-16-5-3-14(19)4-6-16)11-21-18(25)17-13(2)24(23-22-17)15-7-9-20-10-8-15;/h3-6,12,15,20H,7-11H2,1-2H3,(H,21,25);1H. The zero-order chi connectivity index (χ0) is 18.5. The fourth-order valence-electron chi connectivity index (χ4n) is 3.06. The summed E-state index contributed by atoms with van der Waals surface area (Å²) in [7, 11) is 0. The Kier molecular flexibility index (Phi) is 7.55. The van der Waals surface area contributed by atoms with Crippen molar-refractivity contribution in [3.05, 3.63) is 41.5 Å². The molecule has 3 rings (SSSR count). The van der Waals surface area contributed by atoms with Gasteiger partial charge in [0.1, 0.15) is 17.7 Å². The van der Waals surface area contributed by atoms with Crippen LogP contribution in [0.1, 0.15) is 42.0 Å². The number of benzene rings is 1. The molecule has 1 unspecified atom stereocenters. The molecule has 9 heteroatoms. The Morgan fingerprint density at radius 2 is 2.04 bits per heavy atom. The summed E-state index contributed by atoms with van der Waals surface area (Å²) in [4.78, 5) is 12.4. The van der Waals surface area contributed by atoms with E-state index in [9.17, 15) is 9.18 Å². The van der Waals surface area contributed by atoms with Gasteiger partial charge >= 0.3 is 0 Å². The Bertz CT molecular complexity index is 747. The van der Waals surface area contributed by atoms with E-state index in [4.69, 9.17) is 4.74 Å². The van der Waals surface area contributed by atoms with Gasteiger partial charge in [0.05, 0.1) is 18.3 Å². The van der Waals surface area contributed by atoms with E-state index < -0.39 is 0 Å². The Morgan fingerprint density at radius 1 is 1.37 bits per heavy atom. The maximum atomic E-state index is 12.9. The van der Waals surface area contributed by atoms with Crippen molar-refractivity contribution in [1.29, 1.82) is 0 Å². The lowest BCUT2D eigenvalue weighted by atomic mass is 10.1. The molecule has 1 aliphatic rings. The van der Waals surface area contributed by atoms with Gasteiger partial charge in [0.15, 0.2) is 5.69 Å². The van der Waals surface area contributed by atoms with E-state index in [0.717, 1.165) is 31.6 Å². The summed E-state index contributed by atoms with van der Waals surface area (Å²) in [5, 5.41) is 14.4. The molecule has 0 spiro atoms. The second-order valence-electron chi connectivity index (χ2n) is 6.54. The smallest absolute Gasteiger partial charge is 0.273 e. The van der Waals surface area contributed by atoms with Crippen LogP contribution in [0.3, 0.4) is 0 Å². The monoisotopic (exact) mass is 397 g/mol. The molecule has 0 aliphatic carbocycles. The summed E-state index contributed by atoms with van der Waals surface area (Å²) in [6.45, 7) is 5.92. The molecule has 0 saturated carbocycles. The third-order valence-corrected chi connectivity index (χ3v) is 4.50. The number of halogens is 2. The lowest BCUT2D eigenvalue weighted by Crippen LogP contribution is -2.34. The molecule has 1 aliphatic heterocycles. The first-order valence-corrected chi connectivity index (χ1v) is 8.87. The van der Waals surface area contributed by atoms with Gasteiger partial charge in [-0.1, -0.05) is 5.21 Å². The summed E-state index contributed by atoms with van der Waals surface area (Å²) >= 11 is 0. The zero-order valence-electron chi connectivity index (χ0n) is 15.4. The third kappa shape index (κ3) is 5.40. The van der Waals surface area contributed by atoms with Crippen LogP contribution in [0.5, 0.6) is 5.75 Å². The maximum Gasteiger partial charge on any atom is 0.273 e. The number of carbonyl (C=O) groups excluding carboxylic acids is 1. The Balaban J connectivity index is 0.00000261. The predicted molar refractivity (Wildman–Crippen MR) is 102 cm³/mol. The first-order chi connectivity index (χ1) is 12.5. The average molecular weight is 398 g/mol. The van der Waals surface area contributed by atoms with Gasteiger partial charge in [-0.2, -0.15) is 0 Å². The van der Waals surface area contributed by atoms with Crippen LogP contribution < -0.4 is 15.4 Å². The molecule has 148 valence electrons. The van der Waals surface area contributed by atoms with Crippen molar-refractivity contribution < 1.29 is 13.9 Å². The fraction of sp³-hybridized carbons (Fsp3) is 0.500. The minimum atomic E-state index is -0.314. The highest BCUT2D eigenvalue weighted by molar-refractivity contribution is 5.93. The van der Waals surface area contributed by atoms with E-state index in [0.29, 0.717) is 18.0 Å². The van der Waals surface area contributed by atoms with Gasteiger partial charge in [0, 0.05) is 0 Å². The number of hydrogen-bond donors (Lipinski definition) is 2. The predicted octanol–water partition coefficient (Wildman–Crippen LogP) is 2.27. The number of nitrogens with zero attached hydrogens (tertiary/aromatic N) is 3. The number of hydrogen-bond acceptors (Lipinski definition) is 5. The van der Waals surface area contributed by atoms with Crippen LogP contribution in [0.25, 0.3) is 0 Å². The molecule has 1 saturated heterocycles. The van der Waals surface area contributed by atoms with E-state index in [1.165, 1.54) is 12.1 Å². The highest BCUT2D eigenvalue weighted by Gasteiger charge is 2.23. The first-order valence-electron chi connectivity index (χ1n) is 8.87. The molecule has 27 heavy (non-hydrogen) atoms. The maximum absolute atomic E-state index is 12.9. The second kappa shape index (κ2) is 9.66. The number of carbonyl (C=O) groups is 1. The van der Waals surface area contributed by atoms with Gasteiger partial charge in [-0.05, 0) is 64.0 Å². The molecule has 1 amide bonds. The van der Waals surface area contributed by atoms with Gasteiger partial charge in [-0.3, -0.25) is 4.79 Å². The van der Waals surface area contributed by atoms with Crippen molar-refractivity contribution in [1.82, 2.24) is 25.6 Å². The summed E-state index contributed by atoms with van der Waals surface area (Å²) in [6, 6.07) is 6.07. The van der Waals surface area contributed by atoms with Crippen molar-refractivity contribution >= 4 is 18.3 Å². The van der Waals surface area contributed by atoms with Crippen LogP contribution in [-0.2, 0) is 0 Å². The van der Waals surface area contributed by atoms with E-state index in [1.54, 1.807) is 12.1 Å². The molecule has 0 radical (unpaired) electrons. The summed E-state index contributed by atoms with van der Waals surface area (Å²) in [6.07, 6.45) is 1.70. The topological polar surface area (TPSA) is 81.1 Å². The molecular weight excluding hydrogens is 373 g/mol. The molecule has 2 N–H and O–H groups in total. The molecule has 2 aromatic rings. The number of amides is 1. The fourth-order valence-corrected chi connectivity index (χ4v) is 3.06. The lowest BCUT2D eigenvalue weighted by Gasteiger charge is -2.23. The minimum Gasteiger partial charge on any atom is -0.489 e. The number of piperidine rings is 1. The van der Waals surface area contributed by atoms with Gasteiger partial charge in [-0.25, -0.2) is 9.07 Å². The van der Waals surface area contributed by atoms with Crippen LogP contribution in [0, 0.1) is 12.7 Å². The highest BCUT2D eigenvalue weighted by Crippen LogP contribution is 2.20. The van der Waals surface area contributed by atoms with Gasteiger partial charge in [0.2, 0.25) is 0 Å². The first kappa shape index (κ1) is 21.1. The van der Waals surface area contributed by atoms with Crippen LogP contribution >= 0.6 is 12.4 Å². The number of rotatable bonds is 6. The highest BCUT2D eigenvalue weighted by atomic mass is 35.5. The average Bonchev–Trinajstić information content (AvgIpc) is 3.04. The van der Waals surface area contributed by atoms with Crippen LogP contribution in [0.4, 0.5) is 4.39 Å². The van der Waals surface area contributed by atoms with Crippen molar-refractivity contribution in [3.63, 3.8) is 0 Å². The van der Waals surface area contributed by atoms with E-state index in [-0.39, 0.29) is 36.3 Å². The molecule has 1 aromatic carbocycles. The van der Waals surface area contributed by atoms with E-state index >= 15 is 0 Å². The van der Waals surface area contributed by atoms with Crippen LogP contribution in [0.15, 0.2) is 24.3 Å². The number of aromatic nitrogens is 3. The SMILES string of the molecule is Cc1c(C(=O)NCC(C)Oc2ccc(F)cc2)nnn1C1CCNCC1.Cl. The van der Waals surface area contributed by atoms with Crippen LogP contribution in [-0.4, -0.2) is 46.6 Å². The molecule has 1 atom stereocenters. The third-order valence-electron chi connectivity index (χ3n) is 4.50. The van der Waals surface area contributed by atoms with E-state index in [2.05, 4.69) is 20.9 Å². The van der Waals surface area contributed by atoms with Crippen molar-refractivity contribution in [2.75, 3.05) is 19.6 Å². The molecular formula is C18H25ClFN5O2. The Labute approximate surface area is 164 Å². The van der Waals surface area contributed by atoms with Gasteiger partial charge in [-0.15, -0.1) is 17.5 Å². The molecule has 1 fully saturated rings. The molecule has 1 aromatic heterocycles. The zero-order valence-corrected chi connectivity index (χ0v) is 16.3. The number of ether oxygens (including phenoxy) is 1. The van der Waals surface area contributed by atoms with Crippen LogP contribution in [0.2, 0.25) is 0 Å².